The first-order valence-electron chi connectivity index (χ1n) is 8.08. The summed E-state index contributed by atoms with van der Waals surface area (Å²) in [5, 5.41) is 8.27. The number of nitrogens with one attached hydrogen (secondary N) is 1. The number of hydrogen-bond donors (Lipinski definition) is 1. The monoisotopic (exact) mass is 409 g/mol. The number of rotatable bonds is 4. The Morgan fingerprint density at radius 3 is 2.67 bits per heavy atom. The molecule has 4 nitrogen and oxygen atoms in total. The van der Waals surface area contributed by atoms with E-state index in [1.807, 2.05) is 28.9 Å². The lowest BCUT2D eigenvalue weighted by Gasteiger charge is -2.22. The normalized spacial score (nSPS) is 14.7. The average Bonchev–Trinajstić information content (AvgIpc) is 3.23. The van der Waals surface area contributed by atoms with Crippen LogP contribution in [-0.2, 0) is 12.1 Å². The Kier molecular flexibility index (Phi) is 4.76. The van der Waals surface area contributed by atoms with E-state index in [0.717, 1.165) is 28.6 Å². The van der Waals surface area contributed by atoms with Crippen molar-refractivity contribution in [3.63, 3.8) is 0 Å². The van der Waals surface area contributed by atoms with E-state index in [0.29, 0.717) is 23.2 Å². The maximum atomic E-state index is 12.7. The first-order chi connectivity index (χ1) is 11.3. The van der Waals surface area contributed by atoms with Gasteiger partial charge in [0.25, 0.3) is 5.91 Å². The van der Waals surface area contributed by atoms with Gasteiger partial charge in [-0.15, -0.1) is 0 Å². The molecule has 0 spiro atoms. The molecule has 0 radical (unpaired) electrons. The molecular formula is C18H21BrClN3O. The minimum atomic E-state index is -0.241. The number of amides is 1. The first-order valence-corrected chi connectivity index (χ1v) is 9.25. The lowest BCUT2D eigenvalue weighted by Crippen LogP contribution is -2.32. The van der Waals surface area contributed by atoms with Gasteiger partial charge in [0.15, 0.2) is 0 Å². The Hall–Kier alpha value is -1.33. The summed E-state index contributed by atoms with van der Waals surface area (Å²) in [6.45, 7) is 6.55. The van der Waals surface area contributed by atoms with E-state index in [4.69, 9.17) is 11.6 Å². The molecule has 0 aliphatic heterocycles. The minimum Gasteiger partial charge on any atom is -0.347 e. The maximum Gasteiger partial charge on any atom is 0.269 e. The molecule has 3 rings (SSSR count). The van der Waals surface area contributed by atoms with E-state index < -0.39 is 0 Å². The van der Waals surface area contributed by atoms with Crippen molar-refractivity contribution in [1.82, 2.24) is 15.1 Å². The van der Waals surface area contributed by atoms with E-state index in [1.165, 1.54) is 0 Å². The van der Waals surface area contributed by atoms with Crippen molar-refractivity contribution in [3.05, 3.63) is 50.7 Å². The number of benzene rings is 1. The SMILES string of the molecule is CC(C)(C)n1nc(C2CC2)cc1C(=O)NCc1ccc(Br)cc1Cl. The number of halogens is 2. The molecule has 1 saturated carbocycles. The lowest BCUT2D eigenvalue weighted by molar-refractivity contribution is 0.0932. The van der Waals surface area contributed by atoms with Crippen LogP contribution in [0.4, 0.5) is 0 Å². The van der Waals surface area contributed by atoms with Crippen molar-refractivity contribution in [2.75, 3.05) is 0 Å². The quantitative estimate of drug-likeness (QED) is 0.782. The smallest absolute Gasteiger partial charge is 0.269 e. The molecule has 1 aliphatic carbocycles. The molecule has 6 heteroatoms. The zero-order valence-corrected chi connectivity index (χ0v) is 16.4. The van der Waals surface area contributed by atoms with Crippen molar-refractivity contribution in [2.24, 2.45) is 0 Å². The Balaban J connectivity index is 1.79. The van der Waals surface area contributed by atoms with Gasteiger partial charge in [-0.25, -0.2) is 0 Å². The molecule has 24 heavy (non-hydrogen) atoms. The van der Waals surface area contributed by atoms with Gasteiger partial charge < -0.3 is 5.32 Å². The summed E-state index contributed by atoms with van der Waals surface area (Å²) in [7, 11) is 0. The van der Waals surface area contributed by atoms with E-state index in [9.17, 15) is 4.79 Å². The second-order valence-electron chi connectivity index (χ2n) is 7.23. The molecule has 1 heterocycles. The van der Waals surface area contributed by atoms with Crippen LogP contribution in [-0.4, -0.2) is 15.7 Å². The number of carbonyl (C=O) groups excluding carboxylic acids is 1. The second-order valence-corrected chi connectivity index (χ2v) is 8.55. The number of carbonyl (C=O) groups is 1. The number of hydrogen-bond acceptors (Lipinski definition) is 2. The van der Waals surface area contributed by atoms with Crippen molar-refractivity contribution < 1.29 is 4.79 Å². The highest BCUT2D eigenvalue weighted by atomic mass is 79.9. The predicted molar refractivity (Wildman–Crippen MR) is 99.5 cm³/mol. The summed E-state index contributed by atoms with van der Waals surface area (Å²) in [6, 6.07) is 7.58. The van der Waals surface area contributed by atoms with E-state index >= 15 is 0 Å². The molecule has 0 saturated heterocycles. The Morgan fingerprint density at radius 2 is 2.08 bits per heavy atom. The van der Waals surface area contributed by atoms with E-state index in [-0.39, 0.29) is 11.4 Å². The first kappa shape index (κ1) is 17.5. The Bertz CT molecular complexity index is 775. The summed E-state index contributed by atoms with van der Waals surface area (Å²) in [4.78, 5) is 12.7. The summed E-state index contributed by atoms with van der Waals surface area (Å²) >= 11 is 9.60. The predicted octanol–water partition coefficient (Wildman–Crippen LogP) is 4.86. The molecule has 1 aliphatic rings. The molecule has 1 fully saturated rings. The van der Waals surface area contributed by atoms with Gasteiger partial charge in [-0.05, 0) is 57.4 Å². The average molecular weight is 411 g/mol. The number of aromatic nitrogens is 2. The van der Waals surface area contributed by atoms with Crippen LogP contribution < -0.4 is 5.32 Å². The van der Waals surface area contributed by atoms with Crippen molar-refractivity contribution in [2.45, 2.75) is 51.6 Å². The molecule has 1 aromatic heterocycles. The van der Waals surface area contributed by atoms with Crippen LogP contribution in [0.3, 0.4) is 0 Å². The van der Waals surface area contributed by atoms with Crippen LogP contribution in [0.2, 0.25) is 5.02 Å². The summed E-state index contributed by atoms with van der Waals surface area (Å²) in [5.41, 5.74) is 2.28. The second kappa shape index (κ2) is 6.52. The fourth-order valence-corrected chi connectivity index (χ4v) is 3.32. The van der Waals surface area contributed by atoms with Crippen molar-refractivity contribution in [3.8, 4) is 0 Å². The van der Waals surface area contributed by atoms with Crippen LogP contribution in [0.1, 0.15) is 61.3 Å². The van der Waals surface area contributed by atoms with Gasteiger partial charge in [0.05, 0.1) is 11.2 Å². The van der Waals surface area contributed by atoms with Crippen LogP contribution in [0.25, 0.3) is 0 Å². The van der Waals surface area contributed by atoms with Crippen LogP contribution >= 0.6 is 27.5 Å². The summed E-state index contributed by atoms with van der Waals surface area (Å²) in [6.07, 6.45) is 2.33. The highest BCUT2D eigenvalue weighted by Crippen LogP contribution is 2.40. The highest BCUT2D eigenvalue weighted by Gasteiger charge is 2.31. The standard InChI is InChI=1S/C18H21BrClN3O/c1-18(2,3)23-16(9-15(22-23)11-4-5-11)17(24)21-10-12-6-7-13(19)8-14(12)20/h6-9,11H,4-5,10H2,1-3H3,(H,21,24). The molecule has 0 unspecified atom stereocenters. The van der Waals surface area contributed by atoms with E-state index in [2.05, 4.69) is 47.1 Å². The summed E-state index contributed by atoms with van der Waals surface area (Å²) in [5.74, 6) is 0.393. The van der Waals surface area contributed by atoms with Gasteiger partial charge in [0, 0.05) is 22.0 Å². The third-order valence-corrected chi connectivity index (χ3v) is 4.89. The summed E-state index contributed by atoms with van der Waals surface area (Å²) < 4.78 is 2.75. The van der Waals surface area contributed by atoms with Crippen LogP contribution in [0.5, 0.6) is 0 Å². The van der Waals surface area contributed by atoms with Gasteiger partial charge in [-0.2, -0.15) is 5.10 Å². The molecule has 1 amide bonds. The van der Waals surface area contributed by atoms with Crippen molar-refractivity contribution in [1.29, 1.82) is 0 Å². The van der Waals surface area contributed by atoms with Gasteiger partial charge in [0.1, 0.15) is 5.69 Å². The zero-order valence-electron chi connectivity index (χ0n) is 14.1. The molecular weight excluding hydrogens is 390 g/mol. The minimum absolute atomic E-state index is 0.122. The van der Waals surface area contributed by atoms with Crippen molar-refractivity contribution >= 4 is 33.4 Å². The number of nitrogens with zero attached hydrogens (tertiary/aromatic N) is 2. The van der Waals surface area contributed by atoms with Gasteiger partial charge >= 0.3 is 0 Å². The topological polar surface area (TPSA) is 46.9 Å². The Labute approximate surface area is 155 Å². The molecule has 0 bridgehead atoms. The fraction of sp³-hybridized carbons (Fsp3) is 0.444. The molecule has 1 N–H and O–H groups in total. The van der Waals surface area contributed by atoms with Crippen LogP contribution in [0, 0.1) is 0 Å². The van der Waals surface area contributed by atoms with Gasteiger partial charge in [-0.1, -0.05) is 33.6 Å². The fourth-order valence-electron chi connectivity index (χ4n) is 2.58. The van der Waals surface area contributed by atoms with Gasteiger partial charge in [0.2, 0.25) is 0 Å². The molecule has 1 aromatic carbocycles. The highest BCUT2D eigenvalue weighted by molar-refractivity contribution is 9.10. The molecule has 2 aromatic rings. The van der Waals surface area contributed by atoms with Gasteiger partial charge in [-0.3, -0.25) is 9.48 Å². The molecule has 128 valence electrons. The third kappa shape index (κ3) is 3.83. The maximum absolute atomic E-state index is 12.7. The van der Waals surface area contributed by atoms with Crippen LogP contribution in [0.15, 0.2) is 28.7 Å². The largest absolute Gasteiger partial charge is 0.347 e. The zero-order chi connectivity index (χ0) is 17.5. The lowest BCUT2D eigenvalue weighted by atomic mass is 10.1. The third-order valence-electron chi connectivity index (χ3n) is 4.05. The molecule has 0 atom stereocenters. The van der Waals surface area contributed by atoms with E-state index in [1.54, 1.807) is 0 Å². The Morgan fingerprint density at radius 1 is 1.38 bits per heavy atom.